The van der Waals surface area contributed by atoms with E-state index >= 15 is 0 Å². The van der Waals surface area contributed by atoms with E-state index < -0.39 is 0 Å². The van der Waals surface area contributed by atoms with Crippen LogP contribution in [0.1, 0.15) is 11.1 Å². The molecule has 0 bridgehead atoms. The van der Waals surface area contributed by atoms with Gasteiger partial charge in [0.2, 0.25) is 6.41 Å². The number of aryl methyl sites for hydroxylation is 2. The first-order valence-corrected chi connectivity index (χ1v) is 11.7. The summed E-state index contributed by atoms with van der Waals surface area (Å²) in [4.78, 5) is 14.4. The molecule has 0 saturated carbocycles. The number of aromatic nitrogens is 1. The zero-order valence-corrected chi connectivity index (χ0v) is 19.4. The number of rotatable bonds is 6. The number of carbonyl (C=O) groups excluding carboxylic acids is 1. The molecule has 0 radical (unpaired) electrons. The monoisotopic (exact) mass is 448 g/mol. The van der Waals surface area contributed by atoms with Crippen LogP contribution in [0, 0.1) is 13.8 Å². The van der Waals surface area contributed by atoms with Crippen molar-refractivity contribution in [3.05, 3.63) is 114 Å². The van der Waals surface area contributed by atoms with E-state index in [1.54, 1.807) is 16.8 Å². The fourth-order valence-electron chi connectivity index (χ4n) is 3.97. The number of nitrogens with zero attached hydrogens (tertiary/aromatic N) is 2. The molecule has 0 spiro atoms. The summed E-state index contributed by atoms with van der Waals surface area (Å²) in [5, 5.41) is 2.78. The van der Waals surface area contributed by atoms with Crippen LogP contribution in [0.2, 0.25) is 0 Å². The third-order valence-electron chi connectivity index (χ3n) is 5.93. The average molecular weight is 449 g/mol. The first kappa shape index (κ1) is 21.1. The quantitative estimate of drug-likeness (QED) is 0.251. The van der Waals surface area contributed by atoms with E-state index in [2.05, 4.69) is 80.6 Å². The second kappa shape index (κ2) is 9.00. The smallest absolute Gasteiger partial charge is 0.233 e. The van der Waals surface area contributed by atoms with Crippen molar-refractivity contribution in [2.45, 2.75) is 23.6 Å². The maximum atomic E-state index is 12.2. The number of hydrogen-bond acceptors (Lipinski definition) is 2. The molecule has 0 aliphatic heterocycles. The lowest BCUT2D eigenvalue weighted by atomic mass is 10.1. The molecule has 1 aromatic heterocycles. The van der Waals surface area contributed by atoms with Crippen LogP contribution >= 0.6 is 11.8 Å². The Morgan fingerprint density at radius 1 is 0.758 bits per heavy atom. The normalized spacial score (nSPS) is 11.0. The SMILES string of the molecule is Cc1ccc(N(C=O)n2cc(Sc3ccc(-c4ccccc4)cc3)c3ccccc32)cc1C. The fraction of sp³-hybridized carbons (Fsp3) is 0.0690. The standard InChI is InChI=1S/C29H24N2OS/c1-21-12-15-25(18-22(21)2)31(20-32)30-19-29(27-10-6-7-11-28(27)30)33-26-16-13-24(14-17-26)23-8-4-3-5-9-23/h3-20H,1-2H3. The van der Waals surface area contributed by atoms with Gasteiger partial charge in [-0.3, -0.25) is 9.47 Å². The number of anilines is 1. The molecular formula is C29H24N2OS. The maximum Gasteiger partial charge on any atom is 0.233 e. The van der Waals surface area contributed by atoms with Gasteiger partial charge in [0.15, 0.2) is 0 Å². The van der Waals surface area contributed by atoms with E-state index in [-0.39, 0.29) is 0 Å². The summed E-state index contributed by atoms with van der Waals surface area (Å²) in [5.41, 5.74) is 6.61. The van der Waals surface area contributed by atoms with Crippen molar-refractivity contribution in [2.75, 3.05) is 5.01 Å². The zero-order chi connectivity index (χ0) is 22.8. The van der Waals surface area contributed by atoms with E-state index in [0.29, 0.717) is 0 Å². The van der Waals surface area contributed by atoms with Gasteiger partial charge in [0.25, 0.3) is 0 Å². The van der Waals surface area contributed by atoms with Crippen molar-refractivity contribution in [1.82, 2.24) is 4.68 Å². The minimum Gasteiger partial charge on any atom is -0.276 e. The summed E-state index contributed by atoms with van der Waals surface area (Å²) in [6.07, 6.45) is 2.92. The molecule has 0 aliphatic carbocycles. The van der Waals surface area contributed by atoms with Gasteiger partial charge in [0.05, 0.1) is 11.2 Å². The van der Waals surface area contributed by atoms with Crippen molar-refractivity contribution < 1.29 is 4.79 Å². The predicted octanol–water partition coefficient (Wildman–Crippen LogP) is 7.50. The van der Waals surface area contributed by atoms with Crippen LogP contribution in [-0.2, 0) is 4.79 Å². The van der Waals surface area contributed by atoms with E-state index in [1.807, 2.05) is 41.2 Å². The van der Waals surface area contributed by atoms with Crippen LogP contribution in [0.5, 0.6) is 0 Å². The van der Waals surface area contributed by atoms with Gasteiger partial charge in [-0.05, 0) is 66.4 Å². The van der Waals surface area contributed by atoms with Gasteiger partial charge < -0.3 is 0 Å². The minimum absolute atomic E-state index is 0.845. The summed E-state index contributed by atoms with van der Waals surface area (Å²) in [5.74, 6) is 0. The van der Waals surface area contributed by atoms with Gasteiger partial charge >= 0.3 is 0 Å². The highest BCUT2D eigenvalue weighted by atomic mass is 32.2. The Labute approximate surface area is 198 Å². The predicted molar refractivity (Wildman–Crippen MR) is 138 cm³/mol. The zero-order valence-electron chi connectivity index (χ0n) is 18.6. The molecule has 1 amide bonds. The molecule has 0 saturated heterocycles. The molecule has 0 atom stereocenters. The van der Waals surface area contributed by atoms with Crippen LogP contribution in [0.15, 0.2) is 113 Å². The van der Waals surface area contributed by atoms with E-state index in [9.17, 15) is 4.79 Å². The Morgan fingerprint density at radius 3 is 2.18 bits per heavy atom. The number of fused-ring (bicyclic) bond motifs is 1. The fourth-order valence-corrected chi connectivity index (χ4v) is 4.93. The number of para-hydroxylation sites is 1. The lowest BCUT2D eigenvalue weighted by Gasteiger charge is -2.21. The van der Waals surface area contributed by atoms with Gasteiger partial charge in [-0.25, -0.2) is 5.01 Å². The van der Waals surface area contributed by atoms with Crippen molar-refractivity contribution in [1.29, 1.82) is 0 Å². The van der Waals surface area contributed by atoms with Crippen LogP contribution in [0.4, 0.5) is 5.69 Å². The van der Waals surface area contributed by atoms with Gasteiger partial charge in [0.1, 0.15) is 0 Å². The molecule has 5 aromatic rings. The molecule has 33 heavy (non-hydrogen) atoms. The summed E-state index contributed by atoms with van der Waals surface area (Å²) in [7, 11) is 0. The summed E-state index contributed by atoms with van der Waals surface area (Å²) in [6, 6.07) is 33.3. The second-order valence-corrected chi connectivity index (χ2v) is 9.18. The summed E-state index contributed by atoms with van der Waals surface area (Å²) in [6.45, 7) is 4.14. The van der Waals surface area contributed by atoms with E-state index in [1.165, 1.54) is 16.7 Å². The lowest BCUT2D eigenvalue weighted by molar-refractivity contribution is -0.107. The highest BCUT2D eigenvalue weighted by Crippen LogP contribution is 2.36. The highest BCUT2D eigenvalue weighted by molar-refractivity contribution is 7.99. The lowest BCUT2D eigenvalue weighted by Crippen LogP contribution is -2.27. The first-order valence-electron chi connectivity index (χ1n) is 10.9. The molecule has 162 valence electrons. The molecule has 5 rings (SSSR count). The third-order valence-corrected chi connectivity index (χ3v) is 6.99. The Balaban J connectivity index is 1.51. The molecule has 0 unspecified atom stereocenters. The Morgan fingerprint density at radius 2 is 1.45 bits per heavy atom. The molecule has 0 N–H and O–H groups in total. The molecule has 4 aromatic carbocycles. The second-order valence-electron chi connectivity index (χ2n) is 8.07. The van der Waals surface area contributed by atoms with Gasteiger partial charge in [-0.1, -0.05) is 78.5 Å². The first-order chi connectivity index (χ1) is 16.1. The van der Waals surface area contributed by atoms with Crippen molar-refractivity contribution in [3.63, 3.8) is 0 Å². The third kappa shape index (κ3) is 4.18. The van der Waals surface area contributed by atoms with Gasteiger partial charge in [-0.2, -0.15) is 0 Å². The topological polar surface area (TPSA) is 25.2 Å². The van der Waals surface area contributed by atoms with Crippen molar-refractivity contribution in [3.8, 4) is 11.1 Å². The maximum absolute atomic E-state index is 12.2. The Kier molecular flexibility index (Phi) is 5.76. The summed E-state index contributed by atoms with van der Waals surface area (Å²) < 4.78 is 1.94. The molecule has 0 fully saturated rings. The van der Waals surface area contributed by atoms with Gasteiger partial charge in [-0.15, -0.1) is 0 Å². The van der Waals surface area contributed by atoms with Crippen molar-refractivity contribution >= 4 is 34.8 Å². The largest absolute Gasteiger partial charge is 0.276 e. The number of hydrogen-bond donors (Lipinski definition) is 0. The number of benzene rings is 4. The molecule has 0 aliphatic rings. The van der Waals surface area contributed by atoms with E-state index in [4.69, 9.17) is 0 Å². The van der Waals surface area contributed by atoms with Crippen LogP contribution < -0.4 is 5.01 Å². The molecule has 3 nitrogen and oxygen atoms in total. The van der Waals surface area contributed by atoms with Crippen LogP contribution in [0.25, 0.3) is 22.0 Å². The average Bonchev–Trinajstić information content (AvgIpc) is 3.21. The van der Waals surface area contributed by atoms with Crippen LogP contribution in [-0.4, -0.2) is 11.1 Å². The highest BCUT2D eigenvalue weighted by Gasteiger charge is 2.16. The van der Waals surface area contributed by atoms with Crippen molar-refractivity contribution in [2.24, 2.45) is 0 Å². The summed E-state index contributed by atoms with van der Waals surface area (Å²) >= 11 is 1.71. The molecule has 4 heteroatoms. The van der Waals surface area contributed by atoms with E-state index in [0.717, 1.165) is 38.4 Å². The number of amides is 1. The Hall–Kier alpha value is -3.76. The Bertz CT molecular complexity index is 1420. The number of carbonyl (C=O) groups is 1. The molecule has 1 heterocycles. The minimum atomic E-state index is 0.845. The molecular weight excluding hydrogens is 424 g/mol. The van der Waals surface area contributed by atoms with Gasteiger partial charge in [0, 0.05) is 21.4 Å². The van der Waals surface area contributed by atoms with Crippen LogP contribution in [0.3, 0.4) is 0 Å².